The zero-order valence-corrected chi connectivity index (χ0v) is 10.8. The molecule has 3 N–H and O–H groups in total. The highest BCUT2D eigenvalue weighted by Gasteiger charge is 2.11. The first kappa shape index (κ1) is 12.5. The highest BCUT2D eigenvalue weighted by atomic mass is 32.1. The summed E-state index contributed by atoms with van der Waals surface area (Å²) in [5.41, 5.74) is 8.25. The van der Waals surface area contributed by atoms with Gasteiger partial charge in [-0.05, 0) is 11.1 Å². The number of benzene rings is 1. The molecule has 3 nitrogen and oxygen atoms in total. The van der Waals surface area contributed by atoms with Crippen molar-refractivity contribution >= 4 is 17.2 Å². The molecule has 1 fully saturated rings. The molecule has 2 rings (SSSR count). The van der Waals surface area contributed by atoms with Crippen LogP contribution >= 0.6 is 12.2 Å². The monoisotopic (exact) mass is 249 g/mol. The molecule has 0 aromatic heterocycles. The quantitative estimate of drug-likeness (QED) is 0.779. The lowest BCUT2D eigenvalue weighted by Crippen LogP contribution is -2.43. The highest BCUT2D eigenvalue weighted by molar-refractivity contribution is 7.80. The van der Waals surface area contributed by atoms with Crippen molar-refractivity contribution in [2.24, 2.45) is 5.73 Å². The fourth-order valence-electron chi connectivity index (χ4n) is 2.18. The van der Waals surface area contributed by atoms with Gasteiger partial charge in [0.05, 0.1) is 4.99 Å². The van der Waals surface area contributed by atoms with Crippen molar-refractivity contribution in [2.45, 2.75) is 13.0 Å². The maximum absolute atomic E-state index is 5.63. The molecule has 0 aliphatic carbocycles. The summed E-state index contributed by atoms with van der Waals surface area (Å²) < 4.78 is 0. The number of hydrogen-bond acceptors (Lipinski definition) is 3. The summed E-state index contributed by atoms with van der Waals surface area (Å²) in [6, 6.07) is 8.43. The largest absolute Gasteiger partial charge is 0.393 e. The third-order valence-electron chi connectivity index (χ3n) is 3.09. The van der Waals surface area contributed by atoms with E-state index in [4.69, 9.17) is 18.0 Å². The van der Waals surface area contributed by atoms with Gasteiger partial charge in [-0.25, -0.2) is 0 Å². The van der Waals surface area contributed by atoms with Gasteiger partial charge in [0.25, 0.3) is 0 Å². The van der Waals surface area contributed by atoms with Crippen LogP contribution in [0.5, 0.6) is 0 Å². The number of nitrogens with zero attached hydrogens (tertiary/aromatic N) is 1. The van der Waals surface area contributed by atoms with Crippen LogP contribution in [-0.4, -0.2) is 36.1 Å². The molecule has 1 aliphatic heterocycles. The lowest BCUT2D eigenvalue weighted by molar-refractivity contribution is 0.233. The molecule has 0 unspecified atom stereocenters. The van der Waals surface area contributed by atoms with Crippen molar-refractivity contribution in [1.82, 2.24) is 10.2 Å². The van der Waals surface area contributed by atoms with Crippen molar-refractivity contribution in [3.05, 3.63) is 35.4 Å². The summed E-state index contributed by atoms with van der Waals surface area (Å²) in [7, 11) is 0. The molecule has 0 radical (unpaired) electrons. The van der Waals surface area contributed by atoms with E-state index < -0.39 is 0 Å². The Bertz CT molecular complexity index is 386. The third kappa shape index (κ3) is 3.77. The van der Waals surface area contributed by atoms with Crippen LogP contribution in [0.3, 0.4) is 0 Å². The van der Waals surface area contributed by atoms with Crippen LogP contribution < -0.4 is 11.1 Å². The molecule has 0 atom stereocenters. The van der Waals surface area contributed by atoms with Crippen LogP contribution in [0.2, 0.25) is 0 Å². The summed E-state index contributed by atoms with van der Waals surface area (Å²) in [4.78, 5) is 3.03. The van der Waals surface area contributed by atoms with Crippen LogP contribution in [0.25, 0.3) is 0 Å². The zero-order chi connectivity index (χ0) is 12.1. The van der Waals surface area contributed by atoms with Crippen LogP contribution in [0, 0.1) is 0 Å². The first-order valence-electron chi connectivity index (χ1n) is 6.04. The third-order valence-corrected chi connectivity index (χ3v) is 3.23. The second-order valence-electron chi connectivity index (χ2n) is 4.44. The first-order chi connectivity index (χ1) is 8.25. The Hall–Kier alpha value is -0.970. The van der Waals surface area contributed by atoms with Crippen molar-refractivity contribution in [3.8, 4) is 0 Å². The average molecular weight is 249 g/mol. The Balaban J connectivity index is 2.05. The molecule has 17 heavy (non-hydrogen) atoms. The number of rotatable bonds is 4. The second-order valence-corrected chi connectivity index (χ2v) is 4.96. The number of thiocarbonyl (C=S) groups is 1. The van der Waals surface area contributed by atoms with Gasteiger partial charge in [0.2, 0.25) is 0 Å². The predicted molar refractivity (Wildman–Crippen MR) is 75.1 cm³/mol. The van der Waals surface area contributed by atoms with Crippen molar-refractivity contribution < 1.29 is 0 Å². The number of hydrogen-bond donors (Lipinski definition) is 2. The molecular formula is C13H19N3S. The molecule has 1 aromatic rings. The van der Waals surface area contributed by atoms with Gasteiger partial charge in [-0.15, -0.1) is 0 Å². The van der Waals surface area contributed by atoms with E-state index in [1.165, 1.54) is 11.1 Å². The van der Waals surface area contributed by atoms with E-state index in [0.29, 0.717) is 11.4 Å². The van der Waals surface area contributed by atoms with E-state index in [9.17, 15) is 0 Å². The lowest BCUT2D eigenvalue weighted by atomic mass is 10.0. The Morgan fingerprint density at radius 3 is 2.53 bits per heavy atom. The summed E-state index contributed by atoms with van der Waals surface area (Å²) in [6.45, 7) is 5.39. The van der Waals surface area contributed by atoms with Gasteiger partial charge < -0.3 is 11.1 Å². The van der Waals surface area contributed by atoms with Crippen molar-refractivity contribution in [3.63, 3.8) is 0 Å². The van der Waals surface area contributed by atoms with Gasteiger partial charge in [-0.1, -0.05) is 36.5 Å². The fourth-order valence-corrected chi connectivity index (χ4v) is 2.34. The van der Waals surface area contributed by atoms with E-state index in [-0.39, 0.29) is 0 Å². The molecule has 1 heterocycles. The molecule has 0 bridgehead atoms. The summed E-state index contributed by atoms with van der Waals surface area (Å²) in [5, 5.41) is 3.36. The van der Waals surface area contributed by atoms with Gasteiger partial charge in [0.1, 0.15) is 0 Å². The highest BCUT2D eigenvalue weighted by Crippen LogP contribution is 2.13. The van der Waals surface area contributed by atoms with Crippen molar-refractivity contribution in [2.75, 3.05) is 26.2 Å². The topological polar surface area (TPSA) is 41.3 Å². The van der Waals surface area contributed by atoms with Crippen molar-refractivity contribution in [1.29, 1.82) is 0 Å². The van der Waals surface area contributed by atoms with Crippen LogP contribution in [0.15, 0.2) is 24.3 Å². The molecule has 1 saturated heterocycles. The maximum atomic E-state index is 5.63. The summed E-state index contributed by atoms with van der Waals surface area (Å²) >= 11 is 5.00. The standard InChI is InChI=1S/C13H19N3S/c14-13(17)9-11-3-1-2-4-12(11)10-16-7-5-15-6-8-16/h1-4,15H,5-10H2,(H2,14,17). The molecule has 0 amide bonds. The number of nitrogens with one attached hydrogen (secondary N) is 1. The summed E-state index contributed by atoms with van der Waals surface area (Å²) in [5.74, 6) is 0. The minimum atomic E-state index is 0.567. The molecule has 1 aromatic carbocycles. The average Bonchev–Trinajstić information content (AvgIpc) is 2.32. The first-order valence-corrected chi connectivity index (χ1v) is 6.44. The molecule has 0 spiro atoms. The molecule has 0 saturated carbocycles. The van der Waals surface area contributed by atoms with E-state index in [1.807, 2.05) is 0 Å². The summed E-state index contributed by atoms with van der Waals surface area (Å²) in [6.07, 6.45) is 0.706. The number of nitrogens with two attached hydrogens (primary N) is 1. The Labute approximate surface area is 108 Å². The zero-order valence-electron chi connectivity index (χ0n) is 9.98. The second kappa shape index (κ2) is 6.10. The smallest absolute Gasteiger partial charge is 0.0771 e. The van der Waals surface area contributed by atoms with Gasteiger partial charge in [0.15, 0.2) is 0 Å². The predicted octanol–water partition coefficient (Wildman–Crippen LogP) is 0.920. The Morgan fingerprint density at radius 2 is 1.88 bits per heavy atom. The fraction of sp³-hybridized carbons (Fsp3) is 0.462. The van der Waals surface area contributed by atoms with Crippen LogP contribution in [0.4, 0.5) is 0 Å². The van der Waals surface area contributed by atoms with E-state index in [2.05, 4.69) is 34.5 Å². The van der Waals surface area contributed by atoms with E-state index >= 15 is 0 Å². The molecule has 92 valence electrons. The van der Waals surface area contributed by atoms with Gasteiger partial charge in [0, 0.05) is 39.1 Å². The van der Waals surface area contributed by atoms with Crippen LogP contribution in [-0.2, 0) is 13.0 Å². The minimum Gasteiger partial charge on any atom is -0.393 e. The lowest BCUT2D eigenvalue weighted by Gasteiger charge is -2.28. The number of piperazine rings is 1. The molecule has 4 heteroatoms. The Morgan fingerprint density at radius 1 is 1.24 bits per heavy atom. The van der Waals surface area contributed by atoms with E-state index in [0.717, 1.165) is 32.7 Å². The molecular weight excluding hydrogens is 230 g/mol. The maximum Gasteiger partial charge on any atom is 0.0771 e. The Kier molecular flexibility index (Phi) is 4.48. The van der Waals surface area contributed by atoms with Gasteiger partial charge in [-0.3, -0.25) is 4.90 Å². The molecule has 1 aliphatic rings. The van der Waals surface area contributed by atoms with Crippen LogP contribution in [0.1, 0.15) is 11.1 Å². The van der Waals surface area contributed by atoms with E-state index in [1.54, 1.807) is 0 Å². The van der Waals surface area contributed by atoms with Gasteiger partial charge >= 0.3 is 0 Å². The SMILES string of the molecule is NC(=S)Cc1ccccc1CN1CCNCC1. The normalized spacial score (nSPS) is 16.9. The minimum absolute atomic E-state index is 0.567. The van der Waals surface area contributed by atoms with Gasteiger partial charge in [-0.2, -0.15) is 0 Å².